The molecule has 1 heterocycles. The molecule has 1 saturated carbocycles. The van der Waals surface area contributed by atoms with Crippen molar-refractivity contribution in [2.75, 3.05) is 5.01 Å². The third-order valence-electron chi connectivity index (χ3n) is 3.70. The normalized spacial score (nSPS) is 16.1. The lowest BCUT2D eigenvalue weighted by Crippen LogP contribution is -2.35. The first kappa shape index (κ1) is 15.2. The number of hydrazine groups is 1. The Kier molecular flexibility index (Phi) is 3.87. The van der Waals surface area contributed by atoms with E-state index in [1.807, 2.05) is 19.9 Å². The minimum atomic E-state index is -0.774. The Balaban J connectivity index is 2.13. The smallest absolute Gasteiger partial charge is 0.405 e. The Morgan fingerprint density at radius 1 is 1.52 bits per heavy atom. The second-order valence-corrected chi connectivity index (χ2v) is 6.05. The lowest BCUT2D eigenvalue weighted by atomic mass is 9.87. The summed E-state index contributed by atoms with van der Waals surface area (Å²) in [7, 11) is 0. The molecular formula is C14H20N4O3. The number of amides is 2. The molecule has 1 aliphatic rings. The van der Waals surface area contributed by atoms with Gasteiger partial charge in [-0.1, -0.05) is 0 Å². The zero-order valence-electron chi connectivity index (χ0n) is 12.2. The molecule has 1 aromatic heterocycles. The van der Waals surface area contributed by atoms with Gasteiger partial charge in [-0.25, -0.2) is 15.6 Å². The van der Waals surface area contributed by atoms with Crippen LogP contribution in [-0.2, 0) is 14.9 Å². The highest BCUT2D eigenvalue weighted by atomic mass is 16.6. The van der Waals surface area contributed by atoms with Crippen molar-refractivity contribution in [3.8, 4) is 0 Å². The summed E-state index contributed by atoms with van der Waals surface area (Å²) in [6.07, 6.45) is 3.91. The van der Waals surface area contributed by atoms with Gasteiger partial charge in [0.05, 0.1) is 11.9 Å². The van der Waals surface area contributed by atoms with Crippen LogP contribution in [0.5, 0.6) is 0 Å². The molecule has 2 amide bonds. The molecule has 0 aliphatic heterocycles. The van der Waals surface area contributed by atoms with Crippen molar-refractivity contribution >= 4 is 18.2 Å². The lowest BCUT2D eigenvalue weighted by Gasteiger charge is -2.29. The number of ether oxygens (including phenoxy) is 1. The minimum absolute atomic E-state index is 0.0991. The van der Waals surface area contributed by atoms with Crippen molar-refractivity contribution in [2.45, 2.75) is 44.1 Å². The fourth-order valence-corrected chi connectivity index (χ4v) is 2.71. The van der Waals surface area contributed by atoms with Crippen LogP contribution in [0.2, 0.25) is 0 Å². The molecule has 0 atom stereocenters. The summed E-state index contributed by atoms with van der Waals surface area (Å²) in [4.78, 5) is 25.9. The molecule has 0 bridgehead atoms. The summed E-state index contributed by atoms with van der Waals surface area (Å²) in [5, 5.41) is 0.969. The third-order valence-corrected chi connectivity index (χ3v) is 3.70. The molecule has 21 heavy (non-hydrogen) atoms. The lowest BCUT2D eigenvalue weighted by molar-refractivity contribution is -0.107. The Labute approximate surface area is 123 Å². The molecule has 114 valence electrons. The number of anilines is 1. The minimum Gasteiger partial charge on any atom is -0.444 e. The van der Waals surface area contributed by atoms with E-state index in [4.69, 9.17) is 16.3 Å². The molecular weight excluding hydrogens is 272 g/mol. The Bertz CT molecular complexity index is 538. The number of hydrogen-bond acceptors (Lipinski definition) is 5. The Morgan fingerprint density at radius 3 is 2.62 bits per heavy atom. The van der Waals surface area contributed by atoms with Crippen LogP contribution in [0.25, 0.3) is 0 Å². The fourth-order valence-electron chi connectivity index (χ4n) is 2.71. The van der Waals surface area contributed by atoms with E-state index in [0.717, 1.165) is 23.5 Å². The number of rotatable bonds is 6. The van der Waals surface area contributed by atoms with Gasteiger partial charge < -0.3 is 10.5 Å². The van der Waals surface area contributed by atoms with E-state index >= 15 is 0 Å². The van der Waals surface area contributed by atoms with E-state index in [1.54, 1.807) is 12.3 Å². The van der Waals surface area contributed by atoms with Gasteiger partial charge in [-0.3, -0.25) is 9.78 Å². The van der Waals surface area contributed by atoms with Crippen molar-refractivity contribution in [1.29, 1.82) is 0 Å². The molecule has 7 heteroatoms. The molecule has 0 spiro atoms. The number of nitrogens with two attached hydrogens (primary N) is 2. The number of carbonyl (C=O) groups excluding carboxylic acids is 2. The summed E-state index contributed by atoms with van der Waals surface area (Å²) in [6.45, 7) is 3.67. The van der Waals surface area contributed by atoms with Gasteiger partial charge in [0, 0.05) is 11.1 Å². The van der Waals surface area contributed by atoms with Crippen LogP contribution < -0.4 is 16.6 Å². The van der Waals surface area contributed by atoms with Crippen LogP contribution in [0.1, 0.15) is 38.8 Å². The van der Waals surface area contributed by atoms with E-state index in [9.17, 15) is 9.59 Å². The maximum atomic E-state index is 10.9. The monoisotopic (exact) mass is 292 g/mol. The van der Waals surface area contributed by atoms with Crippen molar-refractivity contribution in [3.63, 3.8) is 0 Å². The first-order valence-corrected chi connectivity index (χ1v) is 6.72. The number of pyridine rings is 1. The SMILES string of the molecule is CC(C)(CC1(c2ccc(N(N)C=O)cn2)CC1)OC(N)=O. The number of aromatic nitrogens is 1. The number of carbonyl (C=O) groups is 2. The summed E-state index contributed by atoms with van der Waals surface area (Å²) in [6, 6.07) is 3.60. The molecule has 1 aliphatic carbocycles. The highest BCUT2D eigenvalue weighted by molar-refractivity contribution is 5.72. The predicted molar refractivity (Wildman–Crippen MR) is 77.2 cm³/mol. The third kappa shape index (κ3) is 3.49. The molecule has 0 saturated heterocycles. The number of hydrogen-bond donors (Lipinski definition) is 2. The van der Waals surface area contributed by atoms with Gasteiger partial charge in [-0.15, -0.1) is 0 Å². The highest BCUT2D eigenvalue weighted by Crippen LogP contribution is 2.53. The van der Waals surface area contributed by atoms with Gasteiger partial charge >= 0.3 is 6.09 Å². The van der Waals surface area contributed by atoms with Crippen LogP contribution in [0, 0.1) is 0 Å². The molecule has 1 fully saturated rings. The number of nitrogens with zero attached hydrogens (tertiary/aromatic N) is 2. The first-order valence-electron chi connectivity index (χ1n) is 6.72. The van der Waals surface area contributed by atoms with E-state index < -0.39 is 11.7 Å². The van der Waals surface area contributed by atoms with Gasteiger partial charge in [0.2, 0.25) is 6.41 Å². The molecule has 0 radical (unpaired) electrons. The quantitative estimate of drug-likeness (QED) is 0.354. The molecule has 2 rings (SSSR count). The summed E-state index contributed by atoms with van der Waals surface area (Å²) >= 11 is 0. The second kappa shape index (κ2) is 5.33. The number of primary amides is 1. The summed E-state index contributed by atoms with van der Waals surface area (Å²) in [5.41, 5.74) is 5.78. The van der Waals surface area contributed by atoms with Crippen molar-refractivity contribution in [1.82, 2.24) is 4.98 Å². The standard InChI is InChI=1S/C14H20N4O3/c1-13(2,21-12(15)20)8-14(5-6-14)11-4-3-10(7-17-11)18(16)9-19/h3-4,7,9H,5-6,8,16H2,1-2H3,(H2,15,20). The predicted octanol–water partition coefficient (Wildman–Crippen LogP) is 1.21. The average Bonchev–Trinajstić information content (AvgIpc) is 3.16. The Morgan fingerprint density at radius 2 is 2.19 bits per heavy atom. The molecule has 1 aromatic rings. The van der Waals surface area contributed by atoms with Crippen molar-refractivity contribution < 1.29 is 14.3 Å². The van der Waals surface area contributed by atoms with Crippen molar-refractivity contribution in [2.24, 2.45) is 11.6 Å². The van der Waals surface area contributed by atoms with Gasteiger partial charge in [0.1, 0.15) is 5.60 Å². The molecule has 0 unspecified atom stereocenters. The average molecular weight is 292 g/mol. The van der Waals surface area contributed by atoms with Crippen LogP contribution in [0.4, 0.5) is 10.5 Å². The second-order valence-electron chi connectivity index (χ2n) is 6.05. The first-order chi connectivity index (χ1) is 9.78. The fraction of sp³-hybridized carbons (Fsp3) is 0.500. The summed E-state index contributed by atoms with van der Waals surface area (Å²) in [5.74, 6) is 5.48. The van der Waals surface area contributed by atoms with E-state index in [2.05, 4.69) is 4.98 Å². The maximum Gasteiger partial charge on any atom is 0.405 e. The van der Waals surface area contributed by atoms with Gasteiger partial charge in [0.15, 0.2) is 0 Å². The van der Waals surface area contributed by atoms with E-state index in [1.165, 1.54) is 0 Å². The Hall–Kier alpha value is -2.15. The van der Waals surface area contributed by atoms with E-state index in [-0.39, 0.29) is 5.41 Å². The highest BCUT2D eigenvalue weighted by Gasteiger charge is 2.49. The topological polar surface area (TPSA) is 112 Å². The van der Waals surface area contributed by atoms with Gasteiger partial charge in [-0.2, -0.15) is 0 Å². The van der Waals surface area contributed by atoms with Gasteiger partial charge in [0.25, 0.3) is 0 Å². The largest absolute Gasteiger partial charge is 0.444 e. The molecule has 4 N–H and O–H groups in total. The van der Waals surface area contributed by atoms with Gasteiger partial charge in [-0.05, 0) is 45.2 Å². The summed E-state index contributed by atoms with van der Waals surface area (Å²) < 4.78 is 5.15. The zero-order chi connectivity index (χ0) is 15.7. The van der Waals surface area contributed by atoms with Crippen LogP contribution >= 0.6 is 0 Å². The van der Waals surface area contributed by atoms with Crippen LogP contribution in [0.3, 0.4) is 0 Å². The van der Waals surface area contributed by atoms with Crippen LogP contribution in [-0.4, -0.2) is 23.1 Å². The van der Waals surface area contributed by atoms with E-state index in [0.29, 0.717) is 18.5 Å². The van der Waals surface area contributed by atoms with Crippen molar-refractivity contribution in [3.05, 3.63) is 24.0 Å². The zero-order valence-corrected chi connectivity index (χ0v) is 12.2. The van der Waals surface area contributed by atoms with Crippen LogP contribution in [0.15, 0.2) is 18.3 Å². The maximum absolute atomic E-state index is 10.9. The molecule has 0 aromatic carbocycles. The molecule has 7 nitrogen and oxygen atoms in total.